The van der Waals surface area contributed by atoms with Crippen LogP contribution in [0.25, 0.3) is 0 Å². The highest BCUT2D eigenvalue weighted by atomic mass is 35.5. The van der Waals surface area contributed by atoms with Crippen molar-refractivity contribution in [2.45, 2.75) is 37.5 Å². The van der Waals surface area contributed by atoms with Crippen LogP contribution >= 0.6 is 11.6 Å². The Morgan fingerprint density at radius 3 is 2.78 bits per heavy atom. The summed E-state index contributed by atoms with van der Waals surface area (Å²) in [5.41, 5.74) is 1.51. The van der Waals surface area contributed by atoms with E-state index in [2.05, 4.69) is 5.10 Å². The van der Waals surface area contributed by atoms with Gasteiger partial charge in [-0.05, 0) is 48.7 Å². The smallest absolute Gasteiger partial charge is 0.254 e. The van der Waals surface area contributed by atoms with Gasteiger partial charge < -0.3 is 14.4 Å². The average Bonchev–Trinajstić information content (AvgIpc) is 3.45. The number of hydrogen-bond acceptors (Lipinski definition) is 4. The molecule has 1 atom stereocenters. The van der Waals surface area contributed by atoms with Gasteiger partial charge in [0, 0.05) is 42.5 Å². The Morgan fingerprint density at radius 1 is 1.16 bits per heavy atom. The van der Waals surface area contributed by atoms with Crippen molar-refractivity contribution in [3.05, 3.63) is 83.1 Å². The lowest BCUT2D eigenvalue weighted by molar-refractivity contribution is -0.0395. The van der Waals surface area contributed by atoms with Crippen molar-refractivity contribution in [2.75, 3.05) is 19.7 Å². The number of rotatable bonds is 5. The molecular formula is C25H26ClN3O3. The van der Waals surface area contributed by atoms with Gasteiger partial charge in [-0.25, -0.2) is 0 Å². The SMILES string of the molecule is O=C(c1ccccc1Cn1cccn1)N1CCC2(CC1)CC(Oc1cccc(Cl)c1)CO2. The molecular weight excluding hydrogens is 426 g/mol. The van der Waals surface area contributed by atoms with Crippen LogP contribution in [0.4, 0.5) is 0 Å². The number of carbonyl (C=O) groups excluding carboxylic acids is 1. The number of amides is 1. The van der Waals surface area contributed by atoms with Gasteiger partial charge in [-0.1, -0.05) is 35.9 Å². The lowest BCUT2D eigenvalue weighted by Crippen LogP contribution is -2.46. The molecule has 1 amide bonds. The second-order valence-corrected chi connectivity index (χ2v) is 8.98. The third-order valence-electron chi connectivity index (χ3n) is 6.38. The minimum absolute atomic E-state index is 0.00511. The third kappa shape index (κ3) is 4.52. The molecule has 2 aliphatic rings. The maximum atomic E-state index is 13.3. The first kappa shape index (κ1) is 21.0. The number of piperidine rings is 1. The number of carbonyl (C=O) groups is 1. The molecule has 5 rings (SSSR count). The van der Waals surface area contributed by atoms with Gasteiger partial charge in [0.15, 0.2) is 0 Å². The molecule has 2 aliphatic heterocycles. The lowest BCUT2D eigenvalue weighted by atomic mass is 9.87. The molecule has 0 bridgehead atoms. The van der Waals surface area contributed by atoms with E-state index < -0.39 is 0 Å². The molecule has 1 spiro atoms. The number of nitrogens with zero attached hydrogens (tertiary/aromatic N) is 3. The van der Waals surface area contributed by atoms with Crippen LogP contribution in [0.2, 0.25) is 5.02 Å². The molecule has 32 heavy (non-hydrogen) atoms. The number of likely N-dealkylation sites (tertiary alicyclic amines) is 1. The standard InChI is InChI=1S/C25H26ClN3O3/c26-20-6-3-7-21(15-20)32-22-16-25(31-18-22)9-13-28(14-10-25)24(30)23-8-2-1-5-19(23)17-29-12-4-11-27-29/h1-8,11-12,15,22H,9-10,13-14,16-18H2. The molecule has 2 aromatic carbocycles. The van der Waals surface area contributed by atoms with Crippen molar-refractivity contribution >= 4 is 17.5 Å². The van der Waals surface area contributed by atoms with Crippen LogP contribution in [0.3, 0.4) is 0 Å². The minimum Gasteiger partial charge on any atom is -0.488 e. The van der Waals surface area contributed by atoms with E-state index >= 15 is 0 Å². The van der Waals surface area contributed by atoms with Gasteiger partial charge in [0.25, 0.3) is 5.91 Å². The summed E-state index contributed by atoms with van der Waals surface area (Å²) in [5.74, 6) is 0.844. The number of hydrogen-bond donors (Lipinski definition) is 0. The minimum atomic E-state index is -0.214. The highest BCUT2D eigenvalue weighted by Gasteiger charge is 2.44. The van der Waals surface area contributed by atoms with E-state index in [1.165, 1.54) is 0 Å². The van der Waals surface area contributed by atoms with E-state index in [1.807, 2.05) is 70.4 Å². The van der Waals surface area contributed by atoms with Gasteiger partial charge in [0.1, 0.15) is 11.9 Å². The number of halogens is 1. The quantitative estimate of drug-likeness (QED) is 0.576. The van der Waals surface area contributed by atoms with Crippen molar-refractivity contribution in [2.24, 2.45) is 0 Å². The zero-order valence-electron chi connectivity index (χ0n) is 17.8. The van der Waals surface area contributed by atoms with Crippen molar-refractivity contribution in [1.29, 1.82) is 0 Å². The van der Waals surface area contributed by atoms with E-state index in [0.717, 1.165) is 36.1 Å². The lowest BCUT2D eigenvalue weighted by Gasteiger charge is -2.38. The van der Waals surface area contributed by atoms with Crippen LogP contribution in [-0.4, -0.2) is 52.0 Å². The predicted molar refractivity (Wildman–Crippen MR) is 122 cm³/mol. The fourth-order valence-electron chi connectivity index (χ4n) is 4.68. The van der Waals surface area contributed by atoms with Gasteiger partial charge in [0.2, 0.25) is 0 Å². The first-order valence-electron chi connectivity index (χ1n) is 11.0. The van der Waals surface area contributed by atoms with E-state index in [0.29, 0.717) is 31.3 Å². The molecule has 0 aliphatic carbocycles. The van der Waals surface area contributed by atoms with Crippen LogP contribution in [0.1, 0.15) is 35.2 Å². The van der Waals surface area contributed by atoms with Crippen molar-refractivity contribution in [3.8, 4) is 5.75 Å². The second-order valence-electron chi connectivity index (χ2n) is 8.55. The third-order valence-corrected chi connectivity index (χ3v) is 6.61. The molecule has 0 radical (unpaired) electrons. The summed E-state index contributed by atoms with van der Waals surface area (Å²) < 4.78 is 14.1. The molecule has 7 heteroatoms. The molecule has 1 aromatic heterocycles. The Labute approximate surface area is 192 Å². The predicted octanol–water partition coefficient (Wildman–Crippen LogP) is 4.43. The topological polar surface area (TPSA) is 56.6 Å². The first-order valence-corrected chi connectivity index (χ1v) is 11.4. The van der Waals surface area contributed by atoms with Crippen LogP contribution in [0, 0.1) is 0 Å². The largest absolute Gasteiger partial charge is 0.488 e. The fraction of sp³-hybridized carbons (Fsp3) is 0.360. The highest BCUT2D eigenvalue weighted by molar-refractivity contribution is 6.30. The van der Waals surface area contributed by atoms with Crippen molar-refractivity contribution in [1.82, 2.24) is 14.7 Å². The number of aromatic nitrogens is 2. The van der Waals surface area contributed by atoms with Crippen LogP contribution in [-0.2, 0) is 11.3 Å². The van der Waals surface area contributed by atoms with E-state index in [-0.39, 0.29) is 17.6 Å². The fourth-order valence-corrected chi connectivity index (χ4v) is 4.86. The molecule has 6 nitrogen and oxygen atoms in total. The van der Waals surface area contributed by atoms with Gasteiger partial charge in [0.05, 0.1) is 18.8 Å². The summed E-state index contributed by atoms with van der Waals surface area (Å²) in [5, 5.41) is 4.93. The van der Waals surface area contributed by atoms with E-state index in [4.69, 9.17) is 21.1 Å². The van der Waals surface area contributed by atoms with Crippen LogP contribution < -0.4 is 4.74 Å². The molecule has 0 N–H and O–H groups in total. The number of benzene rings is 2. The summed E-state index contributed by atoms with van der Waals surface area (Å²) in [4.78, 5) is 15.3. The van der Waals surface area contributed by atoms with Gasteiger partial charge in [-0.2, -0.15) is 5.10 Å². The highest BCUT2D eigenvalue weighted by Crippen LogP contribution is 2.38. The summed E-state index contributed by atoms with van der Waals surface area (Å²) in [7, 11) is 0. The zero-order valence-corrected chi connectivity index (χ0v) is 18.6. The Morgan fingerprint density at radius 2 is 2.00 bits per heavy atom. The maximum absolute atomic E-state index is 13.3. The van der Waals surface area contributed by atoms with Gasteiger partial charge in [-0.15, -0.1) is 0 Å². The summed E-state index contributed by atoms with van der Waals surface area (Å²) in [6.45, 7) is 2.50. The summed E-state index contributed by atoms with van der Waals surface area (Å²) in [6.07, 6.45) is 6.12. The van der Waals surface area contributed by atoms with Gasteiger partial charge >= 0.3 is 0 Å². The average molecular weight is 452 g/mol. The molecule has 0 saturated carbocycles. The summed E-state index contributed by atoms with van der Waals surface area (Å²) >= 11 is 6.07. The molecule has 2 fully saturated rings. The van der Waals surface area contributed by atoms with E-state index in [9.17, 15) is 4.79 Å². The van der Waals surface area contributed by atoms with Crippen LogP contribution in [0.15, 0.2) is 67.0 Å². The first-order chi connectivity index (χ1) is 15.6. The maximum Gasteiger partial charge on any atom is 0.254 e. The van der Waals surface area contributed by atoms with E-state index in [1.54, 1.807) is 6.20 Å². The Balaban J connectivity index is 1.20. The van der Waals surface area contributed by atoms with Crippen molar-refractivity contribution < 1.29 is 14.3 Å². The zero-order chi connectivity index (χ0) is 22.0. The Kier molecular flexibility index (Phi) is 5.89. The molecule has 2 saturated heterocycles. The Hall–Kier alpha value is -2.83. The molecule has 166 valence electrons. The molecule has 3 aromatic rings. The monoisotopic (exact) mass is 451 g/mol. The van der Waals surface area contributed by atoms with Crippen LogP contribution in [0.5, 0.6) is 5.75 Å². The second kappa shape index (κ2) is 8.96. The van der Waals surface area contributed by atoms with Gasteiger partial charge in [-0.3, -0.25) is 9.48 Å². The number of ether oxygens (including phenoxy) is 2. The Bertz CT molecular complexity index is 1080. The van der Waals surface area contributed by atoms with Crippen molar-refractivity contribution in [3.63, 3.8) is 0 Å². The summed E-state index contributed by atoms with van der Waals surface area (Å²) in [6, 6.07) is 17.1. The normalized spacial score (nSPS) is 19.9. The molecule has 3 heterocycles. The molecule has 1 unspecified atom stereocenters.